The fraction of sp³-hybridized carbons (Fsp3) is 0.833. The third kappa shape index (κ3) is 4.07. The van der Waals surface area contributed by atoms with Crippen LogP contribution >= 0.6 is 0 Å². The molecule has 120 valence electrons. The molecule has 8 nitrogen and oxygen atoms in total. The van der Waals surface area contributed by atoms with Gasteiger partial charge in [0, 0.05) is 19.3 Å². The largest absolute Gasteiger partial charge is 0.480 e. The summed E-state index contributed by atoms with van der Waals surface area (Å²) < 4.78 is 28.9. The lowest BCUT2D eigenvalue weighted by atomic mass is 10.1. The molecule has 2 N–H and O–H groups in total. The van der Waals surface area contributed by atoms with Crippen LogP contribution in [0, 0.1) is 5.92 Å². The fourth-order valence-corrected chi connectivity index (χ4v) is 4.22. The quantitative estimate of drug-likeness (QED) is 0.693. The Labute approximate surface area is 123 Å². The summed E-state index contributed by atoms with van der Waals surface area (Å²) in [5.74, 6) is -1.51. The Kier molecular flexibility index (Phi) is 4.72. The first-order chi connectivity index (χ1) is 9.80. The number of morpholine rings is 1. The van der Waals surface area contributed by atoms with E-state index in [2.05, 4.69) is 5.32 Å². The predicted octanol–water partition coefficient (Wildman–Crippen LogP) is -0.695. The maximum Gasteiger partial charge on any atom is 0.327 e. The second kappa shape index (κ2) is 6.18. The SMILES string of the molecule is CS(=O)(=O)C(C1CC1)C(NC(=O)N1CCOCC1)C(=O)O. The molecule has 1 heterocycles. The molecule has 21 heavy (non-hydrogen) atoms. The molecule has 2 amide bonds. The van der Waals surface area contributed by atoms with Crippen LogP contribution in [-0.4, -0.2) is 74.3 Å². The summed E-state index contributed by atoms with van der Waals surface area (Å²) in [6.45, 7) is 1.52. The van der Waals surface area contributed by atoms with Crippen molar-refractivity contribution < 1.29 is 27.9 Å². The third-order valence-electron chi connectivity index (χ3n) is 3.75. The van der Waals surface area contributed by atoms with Gasteiger partial charge in [-0.1, -0.05) is 0 Å². The number of carbonyl (C=O) groups is 2. The number of nitrogens with one attached hydrogen (secondary N) is 1. The molecular weight excluding hydrogens is 300 g/mol. The highest BCUT2D eigenvalue weighted by atomic mass is 32.2. The van der Waals surface area contributed by atoms with Crippen molar-refractivity contribution >= 4 is 21.8 Å². The number of carboxylic acid groups (broad SMARTS) is 1. The molecule has 1 aliphatic carbocycles. The summed E-state index contributed by atoms with van der Waals surface area (Å²) in [5.41, 5.74) is 0. The predicted molar refractivity (Wildman–Crippen MR) is 73.7 cm³/mol. The minimum atomic E-state index is -3.56. The monoisotopic (exact) mass is 320 g/mol. The molecule has 2 rings (SSSR count). The Balaban J connectivity index is 2.11. The van der Waals surface area contributed by atoms with Crippen LogP contribution in [0.5, 0.6) is 0 Å². The summed E-state index contributed by atoms with van der Waals surface area (Å²) in [4.78, 5) is 24.9. The third-order valence-corrected chi connectivity index (χ3v) is 5.40. The van der Waals surface area contributed by atoms with Crippen LogP contribution < -0.4 is 5.32 Å². The van der Waals surface area contributed by atoms with E-state index in [1.54, 1.807) is 0 Å². The molecule has 2 fully saturated rings. The summed E-state index contributed by atoms with van der Waals surface area (Å²) in [6, 6.07) is -1.97. The van der Waals surface area contributed by atoms with Crippen LogP contribution in [0.25, 0.3) is 0 Å². The van der Waals surface area contributed by atoms with E-state index in [0.717, 1.165) is 6.26 Å². The van der Waals surface area contributed by atoms with Gasteiger partial charge in [0.2, 0.25) is 0 Å². The maximum absolute atomic E-state index is 12.1. The van der Waals surface area contributed by atoms with Crippen LogP contribution in [0.3, 0.4) is 0 Å². The topological polar surface area (TPSA) is 113 Å². The van der Waals surface area contributed by atoms with Gasteiger partial charge in [0.05, 0.1) is 18.5 Å². The van der Waals surface area contributed by atoms with Gasteiger partial charge in [0.25, 0.3) is 0 Å². The molecule has 0 bridgehead atoms. The lowest BCUT2D eigenvalue weighted by Gasteiger charge is -2.30. The van der Waals surface area contributed by atoms with E-state index in [1.165, 1.54) is 4.90 Å². The zero-order chi connectivity index (χ0) is 15.6. The summed E-state index contributed by atoms with van der Waals surface area (Å²) >= 11 is 0. The highest BCUT2D eigenvalue weighted by Crippen LogP contribution is 2.37. The molecule has 1 saturated heterocycles. The highest BCUT2D eigenvalue weighted by Gasteiger charge is 2.47. The van der Waals surface area contributed by atoms with Gasteiger partial charge in [-0.25, -0.2) is 18.0 Å². The van der Waals surface area contributed by atoms with Gasteiger partial charge >= 0.3 is 12.0 Å². The smallest absolute Gasteiger partial charge is 0.327 e. The van der Waals surface area contributed by atoms with Crippen molar-refractivity contribution in [3.63, 3.8) is 0 Å². The lowest BCUT2D eigenvalue weighted by Crippen LogP contribution is -2.57. The van der Waals surface area contributed by atoms with E-state index in [0.29, 0.717) is 39.1 Å². The van der Waals surface area contributed by atoms with Gasteiger partial charge in [-0.2, -0.15) is 0 Å². The number of ether oxygens (including phenoxy) is 1. The Morgan fingerprint density at radius 3 is 2.29 bits per heavy atom. The number of hydrogen-bond acceptors (Lipinski definition) is 5. The van der Waals surface area contributed by atoms with Gasteiger partial charge in [-0.05, 0) is 18.8 Å². The molecule has 0 aromatic carbocycles. The van der Waals surface area contributed by atoms with Crippen LogP contribution in [0.1, 0.15) is 12.8 Å². The van der Waals surface area contributed by atoms with Gasteiger partial charge in [-0.3, -0.25) is 0 Å². The zero-order valence-electron chi connectivity index (χ0n) is 11.8. The van der Waals surface area contributed by atoms with Crippen molar-refractivity contribution in [2.45, 2.75) is 24.1 Å². The van der Waals surface area contributed by atoms with Gasteiger partial charge in [0.1, 0.15) is 6.04 Å². The number of aliphatic carboxylic acids is 1. The number of carbonyl (C=O) groups excluding carboxylic acids is 1. The normalized spacial score (nSPS) is 22.4. The number of carboxylic acids is 1. The van der Waals surface area contributed by atoms with Crippen molar-refractivity contribution in [2.75, 3.05) is 32.6 Å². The molecule has 0 spiro atoms. The second-order valence-corrected chi connectivity index (χ2v) is 7.70. The molecule has 1 saturated carbocycles. The molecule has 2 atom stereocenters. The van der Waals surface area contributed by atoms with Gasteiger partial charge in [0.15, 0.2) is 9.84 Å². The number of urea groups is 1. The highest BCUT2D eigenvalue weighted by molar-refractivity contribution is 7.91. The maximum atomic E-state index is 12.1. The van der Waals surface area contributed by atoms with Crippen LogP contribution in [-0.2, 0) is 19.4 Å². The van der Waals surface area contributed by atoms with Crippen LogP contribution in [0.15, 0.2) is 0 Å². The number of hydrogen-bond donors (Lipinski definition) is 2. The summed E-state index contributed by atoms with van der Waals surface area (Å²) in [5, 5.41) is 10.6. The summed E-state index contributed by atoms with van der Waals surface area (Å²) in [7, 11) is -3.56. The van der Waals surface area contributed by atoms with E-state index in [1.807, 2.05) is 0 Å². The standard InChI is InChI=1S/C12H20N2O6S/c1-21(18,19)10(8-2-3-8)9(11(15)16)13-12(17)14-4-6-20-7-5-14/h8-10H,2-7H2,1H3,(H,13,17)(H,15,16). The average molecular weight is 320 g/mol. The number of nitrogens with zero attached hydrogens (tertiary/aromatic N) is 1. The van der Waals surface area contributed by atoms with Crippen molar-refractivity contribution in [3.05, 3.63) is 0 Å². The Morgan fingerprint density at radius 2 is 1.86 bits per heavy atom. The van der Waals surface area contributed by atoms with Crippen molar-refractivity contribution in [1.29, 1.82) is 0 Å². The van der Waals surface area contributed by atoms with E-state index >= 15 is 0 Å². The van der Waals surface area contributed by atoms with Crippen LogP contribution in [0.4, 0.5) is 4.79 Å². The molecular formula is C12H20N2O6S. The first-order valence-electron chi connectivity index (χ1n) is 6.85. The second-order valence-electron chi connectivity index (χ2n) is 5.50. The summed E-state index contributed by atoms with van der Waals surface area (Å²) in [6.07, 6.45) is 2.37. The molecule has 1 aliphatic heterocycles. The molecule has 0 aromatic rings. The zero-order valence-corrected chi connectivity index (χ0v) is 12.6. The molecule has 9 heteroatoms. The van der Waals surface area contributed by atoms with Gasteiger partial charge in [-0.15, -0.1) is 0 Å². The Bertz CT molecular complexity index is 510. The average Bonchev–Trinajstić information content (AvgIpc) is 3.21. The van der Waals surface area contributed by atoms with Crippen LogP contribution in [0.2, 0.25) is 0 Å². The molecule has 2 unspecified atom stereocenters. The number of amides is 2. The fourth-order valence-electron chi connectivity index (χ4n) is 2.57. The van der Waals surface area contributed by atoms with Crippen molar-refractivity contribution in [3.8, 4) is 0 Å². The van der Waals surface area contributed by atoms with E-state index in [9.17, 15) is 23.1 Å². The minimum Gasteiger partial charge on any atom is -0.480 e. The Morgan fingerprint density at radius 1 is 1.29 bits per heavy atom. The Hall–Kier alpha value is -1.35. The van der Waals surface area contributed by atoms with E-state index < -0.39 is 33.1 Å². The lowest BCUT2D eigenvalue weighted by molar-refractivity contribution is -0.139. The van der Waals surface area contributed by atoms with E-state index in [-0.39, 0.29) is 5.92 Å². The first kappa shape index (κ1) is 16.0. The van der Waals surface area contributed by atoms with Crippen molar-refractivity contribution in [2.24, 2.45) is 5.92 Å². The molecule has 0 aromatic heterocycles. The van der Waals surface area contributed by atoms with Gasteiger partial charge < -0.3 is 20.1 Å². The first-order valence-corrected chi connectivity index (χ1v) is 8.81. The molecule has 2 aliphatic rings. The molecule has 0 radical (unpaired) electrons. The minimum absolute atomic E-state index is 0.189. The number of rotatable bonds is 5. The van der Waals surface area contributed by atoms with Crippen molar-refractivity contribution in [1.82, 2.24) is 10.2 Å². The van der Waals surface area contributed by atoms with E-state index in [4.69, 9.17) is 4.74 Å². The number of sulfone groups is 1.